The fourth-order valence-corrected chi connectivity index (χ4v) is 1.56. The van der Waals surface area contributed by atoms with Gasteiger partial charge in [0.2, 0.25) is 0 Å². The van der Waals surface area contributed by atoms with Gasteiger partial charge in [-0.25, -0.2) is 14.3 Å². The fourth-order valence-electron chi connectivity index (χ4n) is 1.56. The third kappa shape index (κ3) is 1.64. The summed E-state index contributed by atoms with van der Waals surface area (Å²) >= 11 is 0. The van der Waals surface area contributed by atoms with Gasteiger partial charge < -0.3 is 5.11 Å². The molecule has 1 N–H and O–H groups in total. The number of hydrogen-bond donors (Lipinski definition) is 1. The predicted molar refractivity (Wildman–Crippen MR) is 58.6 cm³/mol. The Morgan fingerprint density at radius 3 is 2.69 bits per heavy atom. The summed E-state index contributed by atoms with van der Waals surface area (Å²) in [6, 6.07) is 3.27. The maximum Gasteiger partial charge on any atom is 0.354 e. The van der Waals surface area contributed by atoms with E-state index in [0.717, 1.165) is 5.69 Å². The van der Waals surface area contributed by atoms with Gasteiger partial charge in [-0.2, -0.15) is 5.10 Å². The highest BCUT2D eigenvalue weighted by Crippen LogP contribution is 2.23. The van der Waals surface area contributed by atoms with Crippen molar-refractivity contribution >= 4 is 11.6 Å². The zero-order chi connectivity index (χ0) is 11.9. The lowest BCUT2D eigenvalue weighted by atomic mass is 9.91. The number of hydrogen-bond acceptors (Lipinski definition) is 3. The molecule has 0 unspecified atom stereocenters. The monoisotopic (exact) mass is 219 g/mol. The van der Waals surface area contributed by atoms with Crippen LogP contribution >= 0.6 is 0 Å². The van der Waals surface area contributed by atoms with Crippen molar-refractivity contribution in [2.24, 2.45) is 0 Å². The van der Waals surface area contributed by atoms with Crippen LogP contribution in [0.15, 0.2) is 18.3 Å². The molecule has 0 spiro atoms. The SMILES string of the molecule is CC(C)(C)c1cc(C(=O)O)nc2ccnn12. The lowest BCUT2D eigenvalue weighted by Crippen LogP contribution is -2.19. The maximum absolute atomic E-state index is 11.0. The first-order chi connectivity index (χ1) is 7.39. The first-order valence-corrected chi connectivity index (χ1v) is 4.98. The number of rotatable bonds is 1. The standard InChI is InChI=1S/C11H13N3O2/c1-11(2,3)8-6-7(10(15)16)13-9-4-5-12-14(8)9/h4-6H,1-3H3,(H,15,16). The van der Waals surface area contributed by atoms with Crippen LogP contribution in [0.1, 0.15) is 37.0 Å². The van der Waals surface area contributed by atoms with Crippen LogP contribution in [0.25, 0.3) is 5.65 Å². The first kappa shape index (κ1) is 10.6. The average Bonchev–Trinajstić information content (AvgIpc) is 2.61. The minimum Gasteiger partial charge on any atom is -0.477 e. The van der Waals surface area contributed by atoms with Gasteiger partial charge in [-0.05, 0) is 6.07 Å². The molecule has 0 radical (unpaired) electrons. The van der Waals surface area contributed by atoms with Crippen molar-refractivity contribution in [3.05, 3.63) is 29.7 Å². The molecule has 0 bridgehead atoms. The Kier molecular flexibility index (Phi) is 2.18. The number of fused-ring (bicyclic) bond motifs is 1. The van der Waals surface area contributed by atoms with Crippen molar-refractivity contribution in [1.82, 2.24) is 14.6 Å². The second kappa shape index (κ2) is 3.30. The number of nitrogens with zero attached hydrogens (tertiary/aromatic N) is 3. The second-order valence-corrected chi connectivity index (χ2v) is 4.68. The van der Waals surface area contributed by atoms with Crippen LogP contribution in [-0.4, -0.2) is 25.7 Å². The molecular formula is C11H13N3O2. The van der Waals surface area contributed by atoms with E-state index in [1.165, 1.54) is 0 Å². The number of aromatic carboxylic acids is 1. The molecule has 2 aromatic heterocycles. The van der Waals surface area contributed by atoms with Crippen molar-refractivity contribution in [1.29, 1.82) is 0 Å². The Balaban J connectivity index is 2.79. The summed E-state index contributed by atoms with van der Waals surface area (Å²) in [4.78, 5) is 15.0. The van der Waals surface area contributed by atoms with E-state index in [0.29, 0.717) is 5.65 Å². The summed E-state index contributed by atoms with van der Waals surface area (Å²) in [7, 11) is 0. The van der Waals surface area contributed by atoms with Crippen molar-refractivity contribution < 1.29 is 9.90 Å². The summed E-state index contributed by atoms with van der Waals surface area (Å²) in [5.74, 6) is -1.02. The van der Waals surface area contributed by atoms with E-state index in [1.54, 1.807) is 22.8 Å². The number of carbonyl (C=O) groups is 1. The summed E-state index contributed by atoms with van der Waals surface area (Å²) in [5, 5.41) is 13.1. The van der Waals surface area contributed by atoms with Crippen LogP contribution in [0.3, 0.4) is 0 Å². The van der Waals surface area contributed by atoms with Crippen LogP contribution in [-0.2, 0) is 5.41 Å². The molecule has 2 rings (SSSR count). The maximum atomic E-state index is 11.0. The lowest BCUT2D eigenvalue weighted by Gasteiger charge is -2.20. The van der Waals surface area contributed by atoms with Crippen LogP contribution in [0, 0.1) is 0 Å². The molecule has 5 nitrogen and oxygen atoms in total. The van der Waals surface area contributed by atoms with E-state index in [9.17, 15) is 4.79 Å². The average molecular weight is 219 g/mol. The summed E-state index contributed by atoms with van der Waals surface area (Å²) in [6.45, 7) is 6.03. The molecule has 5 heteroatoms. The molecule has 16 heavy (non-hydrogen) atoms. The van der Waals surface area contributed by atoms with Gasteiger partial charge in [-0.3, -0.25) is 0 Å². The molecule has 2 aromatic rings. The Bertz CT molecular complexity index is 552. The van der Waals surface area contributed by atoms with Crippen LogP contribution in [0.5, 0.6) is 0 Å². The van der Waals surface area contributed by atoms with Crippen molar-refractivity contribution in [3.63, 3.8) is 0 Å². The molecular weight excluding hydrogens is 206 g/mol. The molecule has 0 aliphatic carbocycles. The first-order valence-electron chi connectivity index (χ1n) is 4.98. The minimum absolute atomic E-state index is 0.0536. The third-order valence-electron chi connectivity index (χ3n) is 2.35. The zero-order valence-corrected chi connectivity index (χ0v) is 9.43. The number of carboxylic acid groups (broad SMARTS) is 1. The quantitative estimate of drug-likeness (QED) is 0.793. The fraction of sp³-hybridized carbons (Fsp3) is 0.364. The van der Waals surface area contributed by atoms with E-state index in [2.05, 4.69) is 10.1 Å². The van der Waals surface area contributed by atoms with E-state index in [1.807, 2.05) is 20.8 Å². The number of carboxylic acids is 1. The molecule has 2 heterocycles. The molecule has 0 aliphatic rings. The van der Waals surface area contributed by atoms with E-state index >= 15 is 0 Å². The van der Waals surface area contributed by atoms with Crippen molar-refractivity contribution in [3.8, 4) is 0 Å². The molecule has 0 aliphatic heterocycles. The van der Waals surface area contributed by atoms with Gasteiger partial charge in [0.1, 0.15) is 0 Å². The van der Waals surface area contributed by atoms with Gasteiger partial charge in [0.15, 0.2) is 11.3 Å². The summed E-state index contributed by atoms with van der Waals surface area (Å²) < 4.78 is 1.67. The van der Waals surface area contributed by atoms with E-state index in [4.69, 9.17) is 5.11 Å². The molecule has 0 atom stereocenters. The second-order valence-electron chi connectivity index (χ2n) is 4.68. The van der Waals surface area contributed by atoms with Gasteiger partial charge in [0, 0.05) is 11.5 Å². The van der Waals surface area contributed by atoms with Gasteiger partial charge >= 0.3 is 5.97 Å². The Hall–Kier alpha value is -1.91. The molecule has 0 amide bonds. The Morgan fingerprint density at radius 2 is 2.12 bits per heavy atom. The Morgan fingerprint density at radius 1 is 1.44 bits per heavy atom. The van der Waals surface area contributed by atoms with E-state index < -0.39 is 5.97 Å². The number of aromatic nitrogens is 3. The van der Waals surface area contributed by atoms with Crippen molar-refractivity contribution in [2.75, 3.05) is 0 Å². The van der Waals surface area contributed by atoms with Crippen LogP contribution in [0.2, 0.25) is 0 Å². The highest BCUT2D eigenvalue weighted by Gasteiger charge is 2.21. The predicted octanol–water partition coefficient (Wildman–Crippen LogP) is 1.72. The molecule has 0 fully saturated rings. The highest BCUT2D eigenvalue weighted by atomic mass is 16.4. The summed E-state index contributed by atoms with van der Waals surface area (Å²) in [6.07, 6.45) is 1.61. The van der Waals surface area contributed by atoms with Gasteiger partial charge in [-0.1, -0.05) is 20.8 Å². The Labute approximate surface area is 92.7 Å². The van der Waals surface area contributed by atoms with Crippen LogP contribution in [0.4, 0.5) is 0 Å². The molecule has 0 saturated carbocycles. The van der Waals surface area contributed by atoms with Crippen molar-refractivity contribution in [2.45, 2.75) is 26.2 Å². The van der Waals surface area contributed by atoms with Gasteiger partial charge in [0.25, 0.3) is 0 Å². The topological polar surface area (TPSA) is 67.5 Å². The third-order valence-corrected chi connectivity index (χ3v) is 2.35. The van der Waals surface area contributed by atoms with Crippen LogP contribution < -0.4 is 0 Å². The minimum atomic E-state index is -1.02. The van der Waals surface area contributed by atoms with Gasteiger partial charge in [0.05, 0.1) is 11.9 Å². The highest BCUT2D eigenvalue weighted by molar-refractivity contribution is 5.86. The molecule has 0 aromatic carbocycles. The van der Waals surface area contributed by atoms with E-state index in [-0.39, 0.29) is 11.1 Å². The smallest absolute Gasteiger partial charge is 0.354 e. The largest absolute Gasteiger partial charge is 0.477 e. The molecule has 0 saturated heterocycles. The molecule has 84 valence electrons. The zero-order valence-electron chi connectivity index (χ0n) is 9.43. The van der Waals surface area contributed by atoms with Gasteiger partial charge in [-0.15, -0.1) is 0 Å². The summed E-state index contributed by atoms with van der Waals surface area (Å²) in [5.41, 5.74) is 1.26. The lowest BCUT2D eigenvalue weighted by molar-refractivity contribution is 0.0690. The normalized spacial score (nSPS) is 11.9.